The van der Waals surface area contributed by atoms with E-state index in [9.17, 15) is 8.42 Å². The topological polar surface area (TPSA) is 76.9 Å². The first-order valence-corrected chi connectivity index (χ1v) is 7.97. The van der Waals surface area contributed by atoms with Crippen molar-refractivity contribution in [3.8, 4) is 0 Å². The van der Waals surface area contributed by atoms with E-state index in [1.165, 1.54) is 0 Å². The molecule has 1 fully saturated rings. The first kappa shape index (κ1) is 13.5. The normalized spacial score (nSPS) is 19.2. The van der Waals surface area contributed by atoms with Gasteiger partial charge in [0.2, 0.25) is 10.0 Å². The zero-order valence-electron chi connectivity index (χ0n) is 10.8. The summed E-state index contributed by atoms with van der Waals surface area (Å²) >= 11 is 0. The van der Waals surface area contributed by atoms with Crippen LogP contribution in [-0.2, 0) is 17.1 Å². The molecule has 0 spiro atoms. The molecule has 1 heterocycles. The van der Waals surface area contributed by atoms with Crippen LogP contribution in [0.2, 0.25) is 0 Å². The van der Waals surface area contributed by atoms with E-state index in [4.69, 9.17) is 0 Å². The smallest absolute Gasteiger partial charge is 0.212 e. The number of nitrogens with one attached hydrogen (secondary N) is 1. The summed E-state index contributed by atoms with van der Waals surface area (Å²) in [5.74, 6) is 1.18. The maximum Gasteiger partial charge on any atom is 0.212 e. The Morgan fingerprint density at radius 3 is 2.72 bits per heavy atom. The van der Waals surface area contributed by atoms with Crippen LogP contribution in [0.3, 0.4) is 0 Å². The molecule has 1 aromatic rings. The van der Waals surface area contributed by atoms with Gasteiger partial charge in [0, 0.05) is 7.05 Å². The molecule has 0 radical (unpaired) electrons. The second-order valence-corrected chi connectivity index (χ2v) is 6.87. The van der Waals surface area contributed by atoms with Gasteiger partial charge in [-0.3, -0.25) is 0 Å². The van der Waals surface area contributed by atoms with E-state index >= 15 is 0 Å². The number of hydrogen-bond donors (Lipinski definition) is 1. The van der Waals surface area contributed by atoms with Gasteiger partial charge < -0.3 is 4.57 Å². The molecule has 102 valence electrons. The van der Waals surface area contributed by atoms with E-state index in [0.717, 1.165) is 25.7 Å². The largest absolute Gasteiger partial charge is 0.319 e. The molecule has 1 N–H and O–H groups in total. The van der Waals surface area contributed by atoms with Gasteiger partial charge in [0.1, 0.15) is 12.2 Å². The lowest BCUT2D eigenvalue weighted by atomic mass is 10.1. The van der Waals surface area contributed by atoms with Crippen molar-refractivity contribution in [3.05, 3.63) is 12.2 Å². The van der Waals surface area contributed by atoms with Crippen LogP contribution >= 0.6 is 0 Å². The van der Waals surface area contributed by atoms with Crippen LogP contribution in [-0.4, -0.2) is 28.9 Å². The van der Waals surface area contributed by atoms with Crippen LogP contribution in [0.4, 0.5) is 0 Å². The van der Waals surface area contributed by atoms with E-state index < -0.39 is 10.0 Å². The van der Waals surface area contributed by atoms with Crippen molar-refractivity contribution in [3.63, 3.8) is 0 Å². The number of aromatic nitrogens is 3. The van der Waals surface area contributed by atoms with Gasteiger partial charge >= 0.3 is 0 Å². The minimum absolute atomic E-state index is 0.231. The quantitative estimate of drug-likeness (QED) is 0.867. The number of nitrogens with zero attached hydrogens (tertiary/aromatic N) is 3. The van der Waals surface area contributed by atoms with Crippen molar-refractivity contribution in [1.82, 2.24) is 19.5 Å². The summed E-state index contributed by atoms with van der Waals surface area (Å²) in [6.45, 7) is 1.79. The average molecular weight is 272 g/mol. The highest BCUT2D eigenvalue weighted by atomic mass is 32.2. The van der Waals surface area contributed by atoms with Crippen LogP contribution in [0.25, 0.3) is 0 Å². The van der Waals surface area contributed by atoms with Gasteiger partial charge in [0.05, 0.1) is 11.8 Å². The fraction of sp³-hybridized carbons (Fsp3) is 0.818. The predicted octanol–water partition coefficient (Wildman–Crippen LogP) is 0.986. The van der Waals surface area contributed by atoms with Crippen molar-refractivity contribution >= 4 is 10.0 Å². The van der Waals surface area contributed by atoms with Crippen molar-refractivity contribution in [1.29, 1.82) is 0 Å². The Morgan fingerprint density at radius 2 is 2.17 bits per heavy atom. The number of sulfonamides is 1. The zero-order chi connectivity index (χ0) is 13.2. The summed E-state index contributed by atoms with van der Waals surface area (Å²) in [6, 6.07) is -0.344. The van der Waals surface area contributed by atoms with Gasteiger partial charge in [0.15, 0.2) is 0 Å². The van der Waals surface area contributed by atoms with Gasteiger partial charge in [-0.15, -0.1) is 10.2 Å². The first-order valence-electron chi connectivity index (χ1n) is 6.32. The van der Waals surface area contributed by atoms with Crippen molar-refractivity contribution < 1.29 is 8.42 Å². The van der Waals surface area contributed by atoms with E-state index in [-0.39, 0.29) is 11.8 Å². The molecule has 0 saturated heterocycles. The lowest BCUT2D eigenvalue weighted by molar-refractivity contribution is 0.529. The Kier molecular flexibility index (Phi) is 4.01. The molecule has 0 aromatic carbocycles. The molecule has 1 aliphatic rings. The van der Waals surface area contributed by atoms with Crippen LogP contribution in [0.15, 0.2) is 6.33 Å². The van der Waals surface area contributed by atoms with Crippen LogP contribution in [0.1, 0.15) is 44.5 Å². The zero-order valence-corrected chi connectivity index (χ0v) is 11.7. The molecule has 1 unspecified atom stereocenters. The Labute approximate surface area is 108 Å². The molecule has 2 rings (SSSR count). The minimum Gasteiger partial charge on any atom is -0.319 e. The molecule has 1 aromatic heterocycles. The Hall–Kier alpha value is -0.950. The van der Waals surface area contributed by atoms with Crippen LogP contribution in [0, 0.1) is 5.92 Å². The third kappa shape index (κ3) is 3.29. The molecular formula is C11H20N4O2S. The molecule has 0 amide bonds. The molecular weight excluding hydrogens is 252 g/mol. The van der Waals surface area contributed by atoms with Crippen LogP contribution < -0.4 is 4.72 Å². The molecule has 18 heavy (non-hydrogen) atoms. The van der Waals surface area contributed by atoms with Gasteiger partial charge in [-0.1, -0.05) is 12.8 Å². The van der Waals surface area contributed by atoms with E-state index in [2.05, 4.69) is 14.9 Å². The molecule has 6 nitrogen and oxygen atoms in total. The average Bonchev–Trinajstić information content (AvgIpc) is 2.87. The standard InChI is InChI=1S/C11H20N4O2S/c1-9(11-13-12-8-15(11)2)14-18(16,17)7-10-5-3-4-6-10/h8-10,14H,3-7H2,1-2H3. The first-order chi connectivity index (χ1) is 8.48. The van der Waals surface area contributed by atoms with E-state index in [0.29, 0.717) is 11.7 Å². The number of rotatable bonds is 5. The third-order valence-corrected chi connectivity index (χ3v) is 5.04. The molecule has 7 heteroatoms. The number of aryl methyl sites for hydroxylation is 1. The minimum atomic E-state index is -3.24. The maximum atomic E-state index is 12.0. The SMILES string of the molecule is CC(NS(=O)(=O)CC1CCCC1)c1nncn1C. The van der Waals surface area contributed by atoms with Crippen LogP contribution in [0.5, 0.6) is 0 Å². The van der Waals surface area contributed by atoms with E-state index in [1.54, 1.807) is 24.9 Å². The molecule has 0 bridgehead atoms. The van der Waals surface area contributed by atoms with Gasteiger partial charge in [0.25, 0.3) is 0 Å². The van der Waals surface area contributed by atoms with Crippen molar-refractivity contribution in [2.24, 2.45) is 13.0 Å². The van der Waals surface area contributed by atoms with Crippen molar-refractivity contribution in [2.45, 2.75) is 38.6 Å². The second kappa shape index (κ2) is 5.36. The Balaban J connectivity index is 1.97. The molecule has 1 atom stereocenters. The summed E-state index contributed by atoms with van der Waals surface area (Å²) in [6.07, 6.45) is 5.92. The highest BCUT2D eigenvalue weighted by Gasteiger charge is 2.25. The lowest BCUT2D eigenvalue weighted by Gasteiger charge is -2.15. The summed E-state index contributed by atoms with van der Waals surface area (Å²) < 4.78 is 28.5. The summed E-state index contributed by atoms with van der Waals surface area (Å²) in [5.41, 5.74) is 0. The van der Waals surface area contributed by atoms with Crippen molar-refractivity contribution in [2.75, 3.05) is 5.75 Å². The Bertz CT molecular complexity index is 491. The molecule has 0 aliphatic heterocycles. The highest BCUT2D eigenvalue weighted by molar-refractivity contribution is 7.89. The fourth-order valence-electron chi connectivity index (χ4n) is 2.54. The monoisotopic (exact) mass is 272 g/mol. The second-order valence-electron chi connectivity index (χ2n) is 5.07. The van der Waals surface area contributed by atoms with E-state index in [1.807, 2.05) is 0 Å². The Morgan fingerprint density at radius 1 is 1.50 bits per heavy atom. The molecule has 1 saturated carbocycles. The number of hydrogen-bond acceptors (Lipinski definition) is 4. The summed E-state index contributed by atoms with van der Waals surface area (Å²) in [7, 11) is -1.44. The van der Waals surface area contributed by atoms with Gasteiger partial charge in [-0.2, -0.15) is 0 Å². The summed E-state index contributed by atoms with van der Waals surface area (Å²) in [5, 5.41) is 7.67. The molecule has 1 aliphatic carbocycles. The van der Waals surface area contributed by atoms with Gasteiger partial charge in [-0.25, -0.2) is 13.1 Å². The summed E-state index contributed by atoms with van der Waals surface area (Å²) in [4.78, 5) is 0. The maximum absolute atomic E-state index is 12.0. The van der Waals surface area contributed by atoms with Gasteiger partial charge in [-0.05, 0) is 25.7 Å². The lowest BCUT2D eigenvalue weighted by Crippen LogP contribution is -2.32. The third-order valence-electron chi connectivity index (χ3n) is 3.42. The predicted molar refractivity (Wildman–Crippen MR) is 68.3 cm³/mol. The fourth-order valence-corrected chi connectivity index (χ4v) is 4.24. The highest BCUT2D eigenvalue weighted by Crippen LogP contribution is 2.26.